The van der Waals surface area contributed by atoms with Gasteiger partial charge in [-0.05, 0) is 81.1 Å². The van der Waals surface area contributed by atoms with Crippen LogP contribution < -0.4 is 10.1 Å². The van der Waals surface area contributed by atoms with Gasteiger partial charge in [-0.25, -0.2) is 9.18 Å². The van der Waals surface area contributed by atoms with E-state index in [1.807, 2.05) is 0 Å². The summed E-state index contributed by atoms with van der Waals surface area (Å²) in [7, 11) is 0. The van der Waals surface area contributed by atoms with Crippen LogP contribution in [0.3, 0.4) is 0 Å². The van der Waals surface area contributed by atoms with E-state index in [0.717, 1.165) is 25.7 Å². The number of carbonyl (C=O) groups excluding carboxylic acids is 2. The number of esters is 1. The third-order valence-electron chi connectivity index (χ3n) is 4.11. The normalized spacial score (nSPS) is 10.3. The van der Waals surface area contributed by atoms with Gasteiger partial charge in [-0.2, -0.15) is 0 Å². The average molecular weight is 399 g/mol. The Kier molecular flexibility index (Phi) is 8.89. The van der Waals surface area contributed by atoms with Crippen LogP contribution in [-0.2, 0) is 9.53 Å². The van der Waals surface area contributed by atoms with Crippen LogP contribution in [0.4, 0.5) is 10.1 Å². The van der Waals surface area contributed by atoms with Crippen molar-refractivity contribution in [1.82, 2.24) is 0 Å². The molecule has 0 aliphatic rings. The standard InChI is InChI=1S/C23H26FNO4/c1-17(2)23(27)29-16-6-4-3-5-15-28-21-13-7-18(8-14-21)22(26)25-20-11-9-19(24)10-12-20/h7-14H,1,3-6,15-16H2,2H3,(H,25,26). The average Bonchev–Trinajstić information content (AvgIpc) is 2.71. The summed E-state index contributed by atoms with van der Waals surface area (Å²) < 4.78 is 23.6. The number of ether oxygens (including phenoxy) is 2. The highest BCUT2D eigenvalue weighted by molar-refractivity contribution is 6.04. The zero-order chi connectivity index (χ0) is 21.1. The number of hydrogen-bond donors (Lipinski definition) is 1. The van der Waals surface area contributed by atoms with Gasteiger partial charge in [0.25, 0.3) is 5.91 Å². The zero-order valence-corrected chi connectivity index (χ0v) is 16.6. The predicted molar refractivity (Wildman–Crippen MR) is 111 cm³/mol. The third-order valence-corrected chi connectivity index (χ3v) is 4.11. The maximum Gasteiger partial charge on any atom is 0.333 e. The van der Waals surface area contributed by atoms with Gasteiger partial charge in [0.1, 0.15) is 11.6 Å². The molecule has 6 heteroatoms. The number of unbranched alkanes of at least 4 members (excludes halogenated alkanes) is 3. The largest absolute Gasteiger partial charge is 0.494 e. The van der Waals surface area contributed by atoms with Crippen molar-refractivity contribution in [2.75, 3.05) is 18.5 Å². The summed E-state index contributed by atoms with van der Waals surface area (Å²) in [5.74, 6) is -0.270. The zero-order valence-electron chi connectivity index (χ0n) is 16.6. The molecule has 5 nitrogen and oxygen atoms in total. The molecule has 0 bridgehead atoms. The lowest BCUT2D eigenvalue weighted by Crippen LogP contribution is -2.11. The molecule has 2 aromatic rings. The molecule has 0 heterocycles. The van der Waals surface area contributed by atoms with Crippen LogP contribution in [-0.4, -0.2) is 25.1 Å². The summed E-state index contributed by atoms with van der Waals surface area (Å²) >= 11 is 0. The summed E-state index contributed by atoms with van der Waals surface area (Å²) in [5.41, 5.74) is 1.44. The molecule has 1 N–H and O–H groups in total. The van der Waals surface area contributed by atoms with Crippen LogP contribution >= 0.6 is 0 Å². The van der Waals surface area contributed by atoms with E-state index >= 15 is 0 Å². The Morgan fingerprint density at radius 3 is 2.17 bits per heavy atom. The summed E-state index contributed by atoms with van der Waals surface area (Å²) in [6.45, 7) is 6.15. The molecule has 0 aliphatic carbocycles. The number of rotatable bonds is 11. The van der Waals surface area contributed by atoms with E-state index in [1.54, 1.807) is 31.2 Å². The topological polar surface area (TPSA) is 64.6 Å². The van der Waals surface area contributed by atoms with Crippen molar-refractivity contribution < 1.29 is 23.5 Å². The number of nitrogens with one attached hydrogen (secondary N) is 1. The van der Waals surface area contributed by atoms with Crippen LogP contribution in [0.15, 0.2) is 60.7 Å². The van der Waals surface area contributed by atoms with E-state index in [-0.39, 0.29) is 17.7 Å². The molecule has 0 fully saturated rings. The summed E-state index contributed by atoms with van der Waals surface area (Å²) in [6, 6.07) is 12.5. The Hall–Kier alpha value is -3.15. The molecule has 29 heavy (non-hydrogen) atoms. The van der Waals surface area contributed by atoms with E-state index in [1.165, 1.54) is 24.3 Å². The number of anilines is 1. The number of halogens is 1. The molecule has 0 spiro atoms. The quantitative estimate of drug-likeness (QED) is 0.323. The lowest BCUT2D eigenvalue weighted by molar-refractivity contribution is -0.139. The fraction of sp³-hybridized carbons (Fsp3) is 0.304. The number of carbonyl (C=O) groups is 2. The fourth-order valence-corrected chi connectivity index (χ4v) is 2.47. The summed E-state index contributed by atoms with van der Waals surface area (Å²) in [5, 5.41) is 2.71. The van der Waals surface area contributed by atoms with E-state index in [4.69, 9.17) is 9.47 Å². The lowest BCUT2D eigenvalue weighted by atomic mass is 10.2. The second-order valence-corrected chi connectivity index (χ2v) is 6.66. The van der Waals surface area contributed by atoms with Gasteiger partial charge in [-0.1, -0.05) is 6.58 Å². The highest BCUT2D eigenvalue weighted by Gasteiger charge is 2.07. The first kappa shape index (κ1) is 22.1. The van der Waals surface area contributed by atoms with Crippen LogP contribution in [0.1, 0.15) is 43.0 Å². The summed E-state index contributed by atoms with van der Waals surface area (Å²) in [4.78, 5) is 23.4. The maximum absolute atomic E-state index is 12.9. The van der Waals surface area contributed by atoms with E-state index < -0.39 is 0 Å². The SMILES string of the molecule is C=C(C)C(=O)OCCCCCCOc1ccc(C(=O)Nc2ccc(F)cc2)cc1. The monoisotopic (exact) mass is 399 g/mol. The molecule has 2 rings (SSSR count). The van der Waals surface area contributed by atoms with Crippen molar-refractivity contribution in [3.63, 3.8) is 0 Å². The number of amides is 1. The second-order valence-electron chi connectivity index (χ2n) is 6.66. The minimum Gasteiger partial charge on any atom is -0.494 e. The highest BCUT2D eigenvalue weighted by Crippen LogP contribution is 2.15. The first-order valence-electron chi connectivity index (χ1n) is 9.58. The molecule has 0 atom stereocenters. The van der Waals surface area contributed by atoms with Crippen molar-refractivity contribution in [1.29, 1.82) is 0 Å². The first-order chi connectivity index (χ1) is 14.0. The van der Waals surface area contributed by atoms with Gasteiger partial charge >= 0.3 is 5.97 Å². The highest BCUT2D eigenvalue weighted by atomic mass is 19.1. The Labute approximate surface area is 170 Å². The van der Waals surface area contributed by atoms with Gasteiger partial charge in [0.2, 0.25) is 0 Å². The Bertz CT molecular complexity index is 816. The van der Waals surface area contributed by atoms with Gasteiger partial charge in [0.15, 0.2) is 0 Å². The Morgan fingerprint density at radius 1 is 0.931 bits per heavy atom. The van der Waals surface area contributed by atoms with Crippen LogP contribution in [0.25, 0.3) is 0 Å². The van der Waals surface area contributed by atoms with Crippen molar-refractivity contribution in [2.45, 2.75) is 32.6 Å². The second kappa shape index (κ2) is 11.6. The molecule has 154 valence electrons. The molecule has 2 aromatic carbocycles. The predicted octanol–water partition coefficient (Wildman–Crippen LogP) is 5.14. The molecular weight excluding hydrogens is 373 g/mol. The molecule has 0 saturated carbocycles. The third kappa shape index (κ3) is 8.17. The van der Waals surface area contributed by atoms with Crippen LogP contribution in [0, 0.1) is 5.82 Å². The summed E-state index contributed by atoms with van der Waals surface area (Å²) in [6.07, 6.45) is 3.64. The smallest absolute Gasteiger partial charge is 0.333 e. The van der Waals surface area contributed by atoms with Gasteiger partial charge in [0, 0.05) is 16.8 Å². The molecule has 0 radical (unpaired) electrons. The van der Waals surface area contributed by atoms with Crippen molar-refractivity contribution in [3.8, 4) is 5.75 Å². The molecule has 0 unspecified atom stereocenters. The van der Waals surface area contributed by atoms with Gasteiger partial charge in [-0.15, -0.1) is 0 Å². The van der Waals surface area contributed by atoms with Crippen LogP contribution in [0.5, 0.6) is 5.75 Å². The van der Waals surface area contributed by atoms with Gasteiger partial charge < -0.3 is 14.8 Å². The fourth-order valence-electron chi connectivity index (χ4n) is 2.47. The Balaban J connectivity index is 1.62. The number of hydrogen-bond acceptors (Lipinski definition) is 4. The van der Waals surface area contributed by atoms with Gasteiger partial charge in [0.05, 0.1) is 13.2 Å². The van der Waals surface area contributed by atoms with Crippen molar-refractivity contribution in [3.05, 3.63) is 72.1 Å². The van der Waals surface area contributed by atoms with Crippen LogP contribution in [0.2, 0.25) is 0 Å². The molecule has 1 amide bonds. The molecule has 0 aromatic heterocycles. The van der Waals surface area contributed by atoms with Crippen molar-refractivity contribution in [2.24, 2.45) is 0 Å². The first-order valence-corrected chi connectivity index (χ1v) is 9.58. The van der Waals surface area contributed by atoms with E-state index in [9.17, 15) is 14.0 Å². The molecule has 0 saturated heterocycles. The number of benzene rings is 2. The molecule has 0 aliphatic heterocycles. The van der Waals surface area contributed by atoms with Crippen molar-refractivity contribution >= 4 is 17.6 Å². The molecular formula is C23H26FNO4. The van der Waals surface area contributed by atoms with E-state index in [0.29, 0.717) is 35.8 Å². The minimum atomic E-state index is -0.351. The van der Waals surface area contributed by atoms with E-state index in [2.05, 4.69) is 11.9 Å². The maximum atomic E-state index is 12.9. The van der Waals surface area contributed by atoms with Gasteiger partial charge in [-0.3, -0.25) is 4.79 Å². The lowest BCUT2D eigenvalue weighted by Gasteiger charge is -2.08. The Morgan fingerprint density at radius 2 is 1.55 bits per heavy atom. The minimum absolute atomic E-state index is 0.268.